The van der Waals surface area contributed by atoms with Crippen molar-refractivity contribution in [2.45, 2.75) is 51.6 Å². The summed E-state index contributed by atoms with van der Waals surface area (Å²) in [5.41, 5.74) is 2.99. The van der Waals surface area contributed by atoms with Crippen LogP contribution in [0.4, 0.5) is 5.82 Å². The number of hydrogen-bond acceptors (Lipinski definition) is 3. The number of aryl methyl sites for hydroxylation is 1. The zero-order chi connectivity index (χ0) is 22.8. The standard InChI is InChI=1S/C27H29ClN4O/c1-2-3-7-16-31-25(30-17-8-11-24(30)21-9-5-4-6-10-21)18-26(33)32-19-23(29-27(31)32)20-12-14-22(28)15-13-20/h4-6,9-10,12-15,18-19,24H,2-3,7-8,11,16-17H2,1H3. The van der Waals surface area contributed by atoms with Gasteiger partial charge in [-0.1, -0.05) is 73.8 Å². The molecule has 1 saturated heterocycles. The maximum Gasteiger partial charge on any atom is 0.261 e. The minimum absolute atomic E-state index is 0.0434. The third-order valence-electron chi connectivity index (χ3n) is 6.55. The molecule has 2 aromatic heterocycles. The lowest BCUT2D eigenvalue weighted by molar-refractivity contribution is 0.586. The molecule has 0 radical (unpaired) electrons. The summed E-state index contributed by atoms with van der Waals surface area (Å²) in [7, 11) is 0. The Bertz CT molecular complexity index is 1290. The van der Waals surface area contributed by atoms with E-state index in [-0.39, 0.29) is 11.6 Å². The van der Waals surface area contributed by atoms with Gasteiger partial charge in [0.2, 0.25) is 5.78 Å². The van der Waals surface area contributed by atoms with Gasteiger partial charge in [0.05, 0.1) is 11.7 Å². The molecule has 170 valence electrons. The molecule has 0 saturated carbocycles. The van der Waals surface area contributed by atoms with Crippen molar-refractivity contribution in [1.29, 1.82) is 0 Å². The highest BCUT2D eigenvalue weighted by atomic mass is 35.5. The van der Waals surface area contributed by atoms with E-state index in [0.717, 1.165) is 62.3 Å². The normalized spacial score (nSPS) is 16.1. The summed E-state index contributed by atoms with van der Waals surface area (Å²) in [6, 6.07) is 20.3. The molecule has 6 heteroatoms. The highest BCUT2D eigenvalue weighted by molar-refractivity contribution is 6.30. The van der Waals surface area contributed by atoms with Crippen LogP contribution >= 0.6 is 11.6 Å². The van der Waals surface area contributed by atoms with Gasteiger partial charge >= 0.3 is 0 Å². The van der Waals surface area contributed by atoms with Crippen molar-refractivity contribution in [3.8, 4) is 11.3 Å². The first-order chi connectivity index (χ1) is 16.2. The lowest BCUT2D eigenvalue weighted by Gasteiger charge is -2.30. The van der Waals surface area contributed by atoms with E-state index < -0.39 is 0 Å². The first-order valence-corrected chi connectivity index (χ1v) is 12.2. The number of unbranched alkanes of at least 4 members (excludes halogenated alkanes) is 2. The Morgan fingerprint density at radius 3 is 2.61 bits per heavy atom. The fraction of sp³-hybridized carbons (Fsp3) is 0.333. The first-order valence-electron chi connectivity index (χ1n) is 11.9. The number of fused-ring (bicyclic) bond motifs is 1. The number of imidazole rings is 1. The van der Waals surface area contributed by atoms with Crippen LogP contribution in [0, 0.1) is 0 Å². The van der Waals surface area contributed by atoms with E-state index in [9.17, 15) is 4.79 Å². The predicted octanol–water partition coefficient (Wildman–Crippen LogP) is 6.35. The molecule has 1 aliphatic heterocycles. The Labute approximate surface area is 199 Å². The number of aromatic nitrogens is 3. The van der Waals surface area contributed by atoms with Crippen LogP contribution in [0.25, 0.3) is 17.0 Å². The van der Waals surface area contributed by atoms with E-state index in [1.807, 2.05) is 30.5 Å². The number of nitrogens with zero attached hydrogens (tertiary/aromatic N) is 4. The average Bonchev–Trinajstić information content (AvgIpc) is 3.50. The van der Waals surface area contributed by atoms with Crippen LogP contribution < -0.4 is 10.5 Å². The summed E-state index contributed by atoms with van der Waals surface area (Å²) in [5, 5.41) is 0.685. The van der Waals surface area contributed by atoms with Gasteiger partial charge in [0.25, 0.3) is 5.56 Å². The number of halogens is 1. The molecule has 5 nitrogen and oxygen atoms in total. The zero-order valence-corrected chi connectivity index (χ0v) is 19.7. The van der Waals surface area contributed by atoms with Crippen LogP contribution in [-0.4, -0.2) is 20.5 Å². The molecule has 1 atom stereocenters. The second-order valence-corrected chi connectivity index (χ2v) is 9.20. The topological polar surface area (TPSA) is 42.5 Å². The monoisotopic (exact) mass is 460 g/mol. The lowest BCUT2D eigenvalue weighted by atomic mass is 10.0. The van der Waals surface area contributed by atoms with E-state index >= 15 is 0 Å². The predicted molar refractivity (Wildman–Crippen MR) is 135 cm³/mol. The van der Waals surface area contributed by atoms with E-state index in [2.05, 4.69) is 46.7 Å². The second kappa shape index (κ2) is 9.44. The van der Waals surface area contributed by atoms with Crippen molar-refractivity contribution in [2.24, 2.45) is 0 Å². The van der Waals surface area contributed by atoms with Gasteiger partial charge in [-0.2, -0.15) is 0 Å². The molecule has 5 rings (SSSR count). The Balaban J connectivity index is 1.63. The molecular formula is C27H29ClN4O. The van der Waals surface area contributed by atoms with Crippen LogP contribution in [0.3, 0.4) is 0 Å². The molecule has 2 aromatic carbocycles. The number of benzene rings is 2. The fourth-order valence-corrected chi connectivity index (χ4v) is 5.00. The second-order valence-electron chi connectivity index (χ2n) is 8.76. The fourth-order valence-electron chi connectivity index (χ4n) is 4.88. The average molecular weight is 461 g/mol. The molecular weight excluding hydrogens is 432 g/mol. The molecule has 1 fully saturated rings. The first kappa shape index (κ1) is 21.8. The van der Waals surface area contributed by atoms with Crippen molar-refractivity contribution < 1.29 is 0 Å². The Morgan fingerprint density at radius 1 is 1.06 bits per heavy atom. The van der Waals surface area contributed by atoms with Gasteiger partial charge in [-0.25, -0.2) is 4.98 Å². The van der Waals surface area contributed by atoms with Gasteiger partial charge in [-0.15, -0.1) is 0 Å². The minimum Gasteiger partial charge on any atom is -0.351 e. The van der Waals surface area contributed by atoms with Crippen LogP contribution in [0.2, 0.25) is 5.02 Å². The summed E-state index contributed by atoms with van der Waals surface area (Å²) < 4.78 is 3.94. The largest absolute Gasteiger partial charge is 0.351 e. The number of anilines is 1. The quantitative estimate of drug-likeness (QED) is 0.302. The summed E-state index contributed by atoms with van der Waals surface area (Å²) >= 11 is 6.07. The van der Waals surface area contributed by atoms with Gasteiger partial charge < -0.3 is 4.90 Å². The Kier molecular flexibility index (Phi) is 6.23. The maximum atomic E-state index is 13.2. The van der Waals surface area contributed by atoms with Crippen molar-refractivity contribution in [3.05, 3.63) is 87.8 Å². The molecule has 0 aliphatic carbocycles. The van der Waals surface area contributed by atoms with E-state index in [4.69, 9.17) is 16.6 Å². The van der Waals surface area contributed by atoms with Crippen LogP contribution in [0.5, 0.6) is 0 Å². The smallest absolute Gasteiger partial charge is 0.261 e. The molecule has 0 bridgehead atoms. The number of hydrogen-bond donors (Lipinski definition) is 0. The van der Waals surface area contributed by atoms with Crippen LogP contribution in [0.15, 0.2) is 71.7 Å². The molecule has 0 spiro atoms. The van der Waals surface area contributed by atoms with Gasteiger partial charge in [0, 0.05) is 35.9 Å². The molecule has 0 amide bonds. The Hall–Kier alpha value is -3.05. The Morgan fingerprint density at radius 2 is 1.85 bits per heavy atom. The van der Waals surface area contributed by atoms with Gasteiger partial charge in [-0.05, 0) is 37.0 Å². The molecule has 1 unspecified atom stereocenters. The third-order valence-corrected chi connectivity index (χ3v) is 6.80. The van der Waals surface area contributed by atoms with Crippen molar-refractivity contribution in [2.75, 3.05) is 11.4 Å². The van der Waals surface area contributed by atoms with E-state index in [1.54, 1.807) is 10.5 Å². The molecule has 3 heterocycles. The summed E-state index contributed by atoms with van der Waals surface area (Å²) in [6.45, 7) is 3.98. The number of rotatable bonds is 7. The van der Waals surface area contributed by atoms with E-state index in [1.165, 1.54) is 5.56 Å². The molecule has 1 aliphatic rings. The van der Waals surface area contributed by atoms with Gasteiger partial charge in [0.1, 0.15) is 5.82 Å². The molecule has 0 N–H and O–H groups in total. The van der Waals surface area contributed by atoms with Crippen molar-refractivity contribution in [3.63, 3.8) is 0 Å². The van der Waals surface area contributed by atoms with Crippen LogP contribution in [0.1, 0.15) is 50.6 Å². The highest BCUT2D eigenvalue weighted by Crippen LogP contribution is 2.36. The minimum atomic E-state index is -0.0434. The van der Waals surface area contributed by atoms with Crippen molar-refractivity contribution >= 4 is 23.2 Å². The maximum absolute atomic E-state index is 13.2. The summed E-state index contributed by atoms with van der Waals surface area (Å²) in [4.78, 5) is 20.6. The molecule has 4 aromatic rings. The zero-order valence-electron chi connectivity index (χ0n) is 19.0. The van der Waals surface area contributed by atoms with Gasteiger partial charge in [-0.3, -0.25) is 13.8 Å². The SMILES string of the molecule is CCCCCn1c(N2CCCC2c2ccccc2)cc(=O)n2cc(-c3ccc(Cl)cc3)nc12. The highest BCUT2D eigenvalue weighted by Gasteiger charge is 2.29. The third kappa shape index (κ3) is 4.30. The molecule has 33 heavy (non-hydrogen) atoms. The lowest BCUT2D eigenvalue weighted by Crippen LogP contribution is -2.30. The van der Waals surface area contributed by atoms with Crippen molar-refractivity contribution in [1.82, 2.24) is 14.0 Å². The van der Waals surface area contributed by atoms with Crippen LogP contribution in [-0.2, 0) is 6.54 Å². The summed E-state index contributed by atoms with van der Waals surface area (Å²) in [6.07, 6.45) is 7.38. The van der Waals surface area contributed by atoms with E-state index in [0.29, 0.717) is 10.8 Å². The summed E-state index contributed by atoms with van der Waals surface area (Å²) in [5.74, 6) is 1.68. The van der Waals surface area contributed by atoms with Gasteiger partial charge in [0.15, 0.2) is 0 Å².